The topological polar surface area (TPSA) is 61.4 Å². The minimum atomic E-state index is -0.421. The molecule has 1 rings (SSSR count). The van der Waals surface area contributed by atoms with Crippen molar-refractivity contribution in [2.45, 2.75) is 58.6 Å². The second-order valence-corrected chi connectivity index (χ2v) is 5.67. The number of nitrogens with one attached hydrogen (secondary N) is 2. The zero-order valence-electron chi connectivity index (χ0n) is 11.3. The molecule has 1 heterocycles. The Balaban J connectivity index is 2.41. The predicted molar refractivity (Wildman–Crippen MR) is 68.7 cm³/mol. The molecule has 3 N–H and O–H groups in total. The first-order valence-corrected chi connectivity index (χ1v) is 6.66. The second-order valence-electron chi connectivity index (χ2n) is 5.67. The van der Waals surface area contributed by atoms with Crippen molar-refractivity contribution in [2.24, 2.45) is 5.41 Å². The molecule has 0 aromatic carbocycles. The van der Waals surface area contributed by atoms with Crippen molar-refractivity contribution in [3.8, 4) is 0 Å². The molecule has 100 valence electrons. The van der Waals surface area contributed by atoms with Gasteiger partial charge in [-0.15, -0.1) is 0 Å². The highest BCUT2D eigenvalue weighted by molar-refractivity contribution is 5.82. The first-order chi connectivity index (χ1) is 7.97. The third-order valence-electron chi connectivity index (χ3n) is 3.52. The molecule has 1 amide bonds. The summed E-state index contributed by atoms with van der Waals surface area (Å²) in [5, 5.41) is 15.7. The molecule has 17 heavy (non-hydrogen) atoms. The standard InChI is InChI=1S/C13H26N2O2/c1-4-6-10(16)9-15-12(17)11-13(2,3)7-5-8-14-11/h10-11,14,16H,4-9H2,1-3H3,(H,15,17). The van der Waals surface area contributed by atoms with Gasteiger partial charge in [0.25, 0.3) is 0 Å². The Morgan fingerprint density at radius 2 is 2.29 bits per heavy atom. The highest BCUT2D eigenvalue weighted by atomic mass is 16.3. The molecular weight excluding hydrogens is 216 g/mol. The molecule has 0 aliphatic carbocycles. The molecule has 0 bridgehead atoms. The molecule has 1 aliphatic heterocycles. The van der Waals surface area contributed by atoms with Crippen LogP contribution in [0.5, 0.6) is 0 Å². The fourth-order valence-corrected chi connectivity index (χ4v) is 2.41. The van der Waals surface area contributed by atoms with Crippen LogP contribution in [0.3, 0.4) is 0 Å². The maximum absolute atomic E-state index is 12.0. The minimum absolute atomic E-state index is 0.00194. The Morgan fingerprint density at radius 1 is 1.59 bits per heavy atom. The van der Waals surface area contributed by atoms with Crippen molar-refractivity contribution in [2.75, 3.05) is 13.1 Å². The number of amides is 1. The molecule has 1 aliphatic rings. The summed E-state index contributed by atoms with van der Waals surface area (Å²) < 4.78 is 0. The van der Waals surface area contributed by atoms with Crippen LogP contribution in [0.25, 0.3) is 0 Å². The number of carbonyl (C=O) groups excluding carboxylic acids is 1. The van der Waals surface area contributed by atoms with Gasteiger partial charge < -0.3 is 15.7 Å². The van der Waals surface area contributed by atoms with Crippen LogP contribution in [0.2, 0.25) is 0 Å². The van der Waals surface area contributed by atoms with Crippen molar-refractivity contribution < 1.29 is 9.90 Å². The zero-order chi connectivity index (χ0) is 12.9. The van der Waals surface area contributed by atoms with Gasteiger partial charge in [0.1, 0.15) is 0 Å². The van der Waals surface area contributed by atoms with Gasteiger partial charge in [-0.2, -0.15) is 0 Å². The van der Waals surface area contributed by atoms with Crippen LogP contribution >= 0.6 is 0 Å². The normalized spacial score (nSPS) is 25.3. The quantitative estimate of drug-likeness (QED) is 0.675. The van der Waals surface area contributed by atoms with Crippen LogP contribution in [0.1, 0.15) is 46.5 Å². The molecule has 0 saturated carbocycles. The number of aliphatic hydroxyl groups is 1. The predicted octanol–water partition coefficient (Wildman–Crippen LogP) is 1.04. The maximum atomic E-state index is 12.0. The summed E-state index contributed by atoms with van der Waals surface area (Å²) in [4.78, 5) is 12.0. The Hall–Kier alpha value is -0.610. The van der Waals surface area contributed by atoms with Crippen molar-refractivity contribution in [3.05, 3.63) is 0 Å². The van der Waals surface area contributed by atoms with Crippen molar-refractivity contribution >= 4 is 5.91 Å². The van der Waals surface area contributed by atoms with E-state index >= 15 is 0 Å². The lowest BCUT2D eigenvalue weighted by Gasteiger charge is -2.38. The smallest absolute Gasteiger partial charge is 0.237 e. The Labute approximate surface area is 104 Å². The van der Waals surface area contributed by atoms with E-state index in [1.807, 2.05) is 6.92 Å². The summed E-state index contributed by atoms with van der Waals surface area (Å²) in [7, 11) is 0. The lowest BCUT2D eigenvalue weighted by Crippen LogP contribution is -2.56. The van der Waals surface area contributed by atoms with Crippen LogP contribution in [0, 0.1) is 5.41 Å². The summed E-state index contributed by atoms with van der Waals surface area (Å²) >= 11 is 0. The zero-order valence-corrected chi connectivity index (χ0v) is 11.3. The Kier molecular flexibility index (Phi) is 5.40. The highest BCUT2D eigenvalue weighted by Crippen LogP contribution is 2.29. The van der Waals surface area contributed by atoms with E-state index in [1.165, 1.54) is 0 Å². The molecule has 2 atom stereocenters. The molecular formula is C13H26N2O2. The van der Waals surface area contributed by atoms with Gasteiger partial charge in [-0.25, -0.2) is 0 Å². The van der Waals surface area contributed by atoms with Crippen LogP contribution in [0.4, 0.5) is 0 Å². The van der Waals surface area contributed by atoms with E-state index < -0.39 is 6.10 Å². The number of carbonyl (C=O) groups is 1. The molecule has 4 nitrogen and oxygen atoms in total. The Bertz CT molecular complexity index is 254. The second kappa shape index (κ2) is 6.36. The fraction of sp³-hybridized carbons (Fsp3) is 0.923. The van der Waals surface area contributed by atoms with Crippen LogP contribution in [0.15, 0.2) is 0 Å². The summed E-state index contributed by atoms with van der Waals surface area (Å²) in [6.45, 7) is 7.52. The van der Waals surface area contributed by atoms with Gasteiger partial charge in [0, 0.05) is 6.54 Å². The first-order valence-electron chi connectivity index (χ1n) is 6.66. The number of piperidine rings is 1. The Morgan fingerprint density at radius 3 is 2.88 bits per heavy atom. The molecule has 1 fully saturated rings. The van der Waals surface area contributed by atoms with E-state index in [4.69, 9.17) is 0 Å². The third-order valence-corrected chi connectivity index (χ3v) is 3.52. The van der Waals surface area contributed by atoms with Gasteiger partial charge >= 0.3 is 0 Å². The number of aliphatic hydroxyl groups excluding tert-OH is 1. The molecule has 1 saturated heterocycles. The van der Waals surface area contributed by atoms with Gasteiger partial charge in [-0.3, -0.25) is 4.79 Å². The van der Waals surface area contributed by atoms with Crippen LogP contribution < -0.4 is 10.6 Å². The molecule has 0 radical (unpaired) electrons. The average Bonchev–Trinajstić information content (AvgIpc) is 2.26. The van der Waals surface area contributed by atoms with Crippen molar-refractivity contribution in [3.63, 3.8) is 0 Å². The largest absolute Gasteiger partial charge is 0.391 e. The SMILES string of the molecule is CCCC(O)CNC(=O)C1NCCCC1(C)C. The monoisotopic (exact) mass is 242 g/mol. The number of rotatable bonds is 5. The minimum Gasteiger partial charge on any atom is -0.391 e. The van der Waals surface area contributed by atoms with E-state index in [-0.39, 0.29) is 17.4 Å². The van der Waals surface area contributed by atoms with Crippen LogP contribution in [-0.2, 0) is 4.79 Å². The van der Waals surface area contributed by atoms with Gasteiger partial charge in [0.15, 0.2) is 0 Å². The van der Waals surface area contributed by atoms with Crippen molar-refractivity contribution in [1.82, 2.24) is 10.6 Å². The lowest BCUT2D eigenvalue weighted by molar-refractivity contribution is -0.127. The molecule has 2 unspecified atom stereocenters. The van der Waals surface area contributed by atoms with E-state index in [0.717, 1.165) is 32.2 Å². The first kappa shape index (κ1) is 14.5. The molecule has 4 heteroatoms. The van der Waals surface area contributed by atoms with E-state index in [0.29, 0.717) is 6.54 Å². The van der Waals surface area contributed by atoms with E-state index in [2.05, 4.69) is 24.5 Å². The van der Waals surface area contributed by atoms with E-state index in [9.17, 15) is 9.90 Å². The van der Waals surface area contributed by atoms with Gasteiger partial charge in [-0.1, -0.05) is 27.2 Å². The number of hydrogen-bond donors (Lipinski definition) is 3. The summed E-state index contributed by atoms with van der Waals surface area (Å²) in [5.41, 5.74) is -0.00194. The van der Waals surface area contributed by atoms with E-state index in [1.54, 1.807) is 0 Å². The summed E-state index contributed by atoms with van der Waals surface area (Å²) in [6.07, 6.45) is 3.44. The van der Waals surface area contributed by atoms with Gasteiger partial charge in [0.2, 0.25) is 5.91 Å². The average molecular weight is 242 g/mol. The fourth-order valence-electron chi connectivity index (χ4n) is 2.41. The maximum Gasteiger partial charge on any atom is 0.237 e. The van der Waals surface area contributed by atoms with Gasteiger partial charge in [-0.05, 0) is 31.2 Å². The highest BCUT2D eigenvalue weighted by Gasteiger charge is 2.36. The molecule has 0 spiro atoms. The van der Waals surface area contributed by atoms with Gasteiger partial charge in [0.05, 0.1) is 12.1 Å². The summed E-state index contributed by atoms with van der Waals surface area (Å²) in [6, 6.07) is -0.134. The molecule has 0 aromatic rings. The number of hydrogen-bond acceptors (Lipinski definition) is 3. The summed E-state index contributed by atoms with van der Waals surface area (Å²) in [5.74, 6) is 0.0184. The molecule has 0 aromatic heterocycles. The lowest BCUT2D eigenvalue weighted by atomic mass is 9.77. The van der Waals surface area contributed by atoms with Crippen LogP contribution in [-0.4, -0.2) is 36.2 Å². The van der Waals surface area contributed by atoms with Crippen molar-refractivity contribution in [1.29, 1.82) is 0 Å². The third kappa shape index (κ3) is 4.28.